The molecule has 2 heterocycles. The van der Waals surface area contributed by atoms with Crippen LogP contribution in [0.2, 0.25) is 0 Å². The second-order valence-corrected chi connectivity index (χ2v) is 19.6. The molecule has 4 aliphatic carbocycles. The van der Waals surface area contributed by atoms with Crippen LogP contribution in [0.5, 0.6) is 0 Å². The molecule has 22 heavy (non-hydrogen) atoms. The van der Waals surface area contributed by atoms with Crippen molar-refractivity contribution in [2.75, 3.05) is 0 Å². The van der Waals surface area contributed by atoms with E-state index in [4.69, 9.17) is 0 Å². The Balaban J connectivity index is 1.28. The molecule has 0 nitrogen and oxygen atoms in total. The van der Waals surface area contributed by atoms with Crippen LogP contribution in [0.1, 0.15) is 53.9 Å². The van der Waals surface area contributed by atoms with E-state index < -0.39 is 19.8 Å². The molecule has 0 radical (unpaired) electrons. The van der Waals surface area contributed by atoms with Crippen LogP contribution in [-0.2, 0) is 0 Å². The van der Waals surface area contributed by atoms with Gasteiger partial charge in [0.05, 0.1) is 0 Å². The third-order valence-electron chi connectivity index (χ3n) is 9.05. The van der Waals surface area contributed by atoms with Crippen molar-refractivity contribution in [2.24, 2.45) is 46.8 Å². The first-order valence-corrected chi connectivity index (χ1v) is 14.5. The molecule has 0 aromatic carbocycles. The van der Waals surface area contributed by atoms with Crippen molar-refractivity contribution in [3.63, 3.8) is 0 Å². The summed E-state index contributed by atoms with van der Waals surface area (Å²) < 4.78 is 3.98. The van der Waals surface area contributed by atoms with Gasteiger partial charge < -0.3 is 0 Å². The number of alkyl halides is 3. The second kappa shape index (κ2) is 3.94. The molecule has 0 aromatic rings. The van der Waals surface area contributed by atoms with Crippen molar-refractivity contribution in [1.29, 1.82) is 0 Å². The van der Waals surface area contributed by atoms with Gasteiger partial charge in [0.25, 0.3) is 0 Å². The zero-order valence-electron chi connectivity index (χ0n) is 14.8. The van der Waals surface area contributed by atoms with E-state index in [1.165, 1.54) is 43.5 Å². The van der Waals surface area contributed by atoms with Crippen LogP contribution in [0.4, 0.5) is 0 Å². The first-order valence-electron chi connectivity index (χ1n) is 9.88. The molecule has 0 aromatic heterocycles. The Kier molecular flexibility index (Phi) is 2.57. The molecule has 2 aliphatic heterocycles. The van der Waals surface area contributed by atoms with Gasteiger partial charge >= 0.3 is 146 Å². The summed E-state index contributed by atoms with van der Waals surface area (Å²) in [4.78, 5) is 0. The third kappa shape index (κ3) is 1.44. The number of fused-ring (bicyclic) bond motifs is 3. The van der Waals surface area contributed by atoms with Crippen molar-refractivity contribution < 1.29 is 0 Å². The van der Waals surface area contributed by atoms with Gasteiger partial charge in [-0.3, -0.25) is 0 Å². The molecule has 12 atom stereocenters. The maximum atomic E-state index is 2.67. The Bertz CT molecular complexity index is 558. The van der Waals surface area contributed by atoms with Crippen LogP contribution >= 0.6 is 28.4 Å². The van der Waals surface area contributed by atoms with Gasteiger partial charge in [0.2, 0.25) is 0 Å². The van der Waals surface area contributed by atoms with Crippen molar-refractivity contribution in [2.45, 2.75) is 70.6 Å². The van der Waals surface area contributed by atoms with Gasteiger partial charge in [-0.25, -0.2) is 0 Å². The summed E-state index contributed by atoms with van der Waals surface area (Å²) >= 11 is -0.391. The average Bonchev–Trinajstić information content (AvgIpc) is 3.39. The molecule has 0 N–H and O–H groups in total. The van der Waals surface area contributed by atoms with E-state index in [0.717, 1.165) is 29.6 Å². The summed E-state index contributed by atoms with van der Waals surface area (Å²) in [5, 5.41) is 0. The molecule has 124 valence electrons. The molecule has 2 saturated heterocycles. The monoisotopic (exact) mass is 430 g/mol. The van der Waals surface area contributed by atoms with Crippen LogP contribution in [0.15, 0.2) is 0 Å². The van der Waals surface area contributed by atoms with E-state index in [2.05, 4.69) is 34.6 Å². The standard InChI is InChI=1S/C20H32IP/c1-6-9(2)13-12-7-11(8-19(12,4)5)15(13)14-10(3)16(14)21-17-18-20(17,21)22-18/h9-18,22H,6-8H2,1-5H3. The Morgan fingerprint density at radius 2 is 2.00 bits per heavy atom. The summed E-state index contributed by atoms with van der Waals surface area (Å²) in [6, 6.07) is 0. The van der Waals surface area contributed by atoms with Gasteiger partial charge in [-0.15, -0.1) is 0 Å². The number of hydrogen-bond acceptors (Lipinski definition) is 0. The van der Waals surface area contributed by atoms with Crippen LogP contribution in [0, 0.1) is 46.8 Å². The van der Waals surface area contributed by atoms with Gasteiger partial charge in [-0.2, -0.15) is 0 Å². The normalized spacial score (nSPS) is 68.6. The molecule has 12 unspecified atom stereocenters. The molecular formula is C20H32IP. The van der Waals surface area contributed by atoms with Gasteiger partial charge in [-0.05, 0) is 0 Å². The van der Waals surface area contributed by atoms with Gasteiger partial charge in [0.15, 0.2) is 0 Å². The molecule has 2 heteroatoms. The third-order valence-corrected chi connectivity index (χ3v) is 24.5. The molecular weight excluding hydrogens is 398 g/mol. The topological polar surface area (TPSA) is 0 Å². The van der Waals surface area contributed by atoms with Crippen LogP contribution in [0.25, 0.3) is 0 Å². The Labute approximate surface area is 145 Å². The molecule has 1 spiro atoms. The summed E-state index contributed by atoms with van der Waals surface area (Å²) in [6.07, 6.45) is 4.60. The predicted molar refractivity (Wildman–Crippen MR) is 106 cm³/mol. The molecule has 0 amide bonds. The predicted octanol–water partition coefficient (Wildman–Crippen LogP) is 5.62. The van der Waals surface area contributed by atoms with Crippen LogP contribution in [0.3, 0.4) is 0 Å². The summed E-state index contributed by atoms with van der Waals surface area (Å²) in [7, 11) is 1.49. The SMILES string of the molecule is CCC(C)C1C(C2C(C)C2I2C3C4PC432)C2CC1C(C)(C)C2. The zero-order valence-corrected chi connectivity index (χ0v) is 17.9. The summed E-state index contributed by atoms with van der Waals surface area (Å²) in [5.74, 6) is 7.83. The number of halogens is 1. The van der Waals surface area contributed by atoms with E-state index in [9.17, 15) is 0 Å². The fourth-order valence-corrected chi connectivity index (χ4v) is 27.1. The Morgan fingerprint density at radius 1 is 1.27 bits per heavy atom. The van der Waals surface area contributed by atoms with Crippen molar-refractivity contribution >= 4 is 28.4 Å². The molecule has 6 aliphatic rings. The molecule has 6 rings (SSSR count). The minimum absolute atomic E-state index is 0.391. The first kappa shape index (κ1) is 14.3. The second-order valence-electron chi connectivity index (χ2n) is 10.4. The number of rotatable bonds is 4. The Morgan fingerprint density at radius 3 is 2.59 bits per heavy atom. The molecule has 2 bridgehead atoms. The Hall–Kier alpha value is 1.16. The van der Waals surface area contributed by atoms with E-state index in [1.54, 1.807) is 12.8 Å². The fraction of sp³-hybridized carbons (Fsp3) is 1.00. The quantitative estimate of drug-likeness (QED) is 0.308. The first-order chi connectivity index (χ1) is 10.4. The van der Waals surface area contributed by atoms with Crippen molar-refractivity contribution in [3.8, 4) is 0 Å². The minimum atomic E-state index is -0.391. The maximum absolute atomic E-state index is 2.67. The van der Waals surface area contributed by atoms with Gasteiger partial charge in [0, 0.05) is 0 Å². The van der Waals surface area contributed by atoms with Gasteiger partial charge in [0.1, 0.15) is 0 Å². The van der Waals surface area contributed by atoms with Crippen LogP contribution in [-0.4, -0.2) is 16.7 Å². The molecule has 4 saturated carbocycles. The van der Waals surface area contributed by atoms with E-state index in [-0.39, 0.29) is 0 Å². The fourth-order valence-electron chi connectivity index (χ4n) is 7.60. The van der Waals surface area contributed by atoms with Crippen LogP contribution < -0.4 is 0 Å². The van der Waals surface area contributed by atoms with E-state index in [0.29, 0.717) is 5.41 Å². The van der Waals surface area contributed by atoms with E-state index in [1.807, 2.05) is 0 Å². The number of hydrogen-bond donors (Lipinski definition) is 0. The van der Waals surface area contributed by atoms with E-state index >= 15 is 0 Å². The summed E-state index contributed by atoms with van der Waals surface area (Å²) in [5.41, 5.74) is 2.01. The molecule has 6 fully saturated rings. The summed E-state index contributed by atoms with van der Waals surface area (Å²) in [6.45, 7) is 12.9. The zero-order chi connectivity index (χ0) is 15.2. The van der Waals surface area contributed by atoms with Crippen molar-refractivity contribution in [1.82, 2.24) is 0 Å². The van der Waals surface area contributed by atoms with Gasteiger partial charge in [-0.1, -0.05) is 0 Å². The van der Waals surface area contributed by atoms with Crippen molar-refractivity contribution in [3.05, 3.63) is 0 Å². The average molecular weight is 430 g/mol.